The number of nitrogens with two attached hydrogens (primary N) is 1. The summed E-state index contributed by atoms with van der Waals surface area (Å²) in [6, 6.07) is 10.3. The van der Waals surface area contributed by atoms with Crippen molar-refractivity contribution in [2.75, 3.05) is 18.0 Å². The number of anilines is 1. The second kappa shape index (κ2) is 7.05. The molecule has 0 saturated carbocycles. The topological polar surface area (TPSA) is 85.8 Å². The van der Waals surface area contributed by atoms with E-state index in [9.17, 15) is 0 Å². The van der Waals surface area contributed by atoms with Gasteiger partial charge in [0.25, 0.3) is 0 Å². The smallest absolute Gasteiger partial charge is 0.203 e. The molecule has 2 aromatic heterocycles. The van der Waals surface area contributed by atoms with Gasteiger partial charge in [0.05, 0.1) is 5.69 Å². The lowest BCUT2D eigenvalue weighted by molar-refractivity contribution is 0.750. The second-order valence-corrected chi connectivity index (χ2v) is 7.38. The summed E-state index contributed by atoms with van der Waals surface area (Å²) in [4.78, 5) is 11.3. The number of benzene rings is 1. The van der Waals surface area contributed by atoms with Crippen LogP contribution in [-0.2, 0) is 0 Å². The zero-order valence-electron chi connectivity index (χ0n) is 14.8. The molecule has 26 heavy (non-hydrogen) atoms. The number of hydrogen-bond donors (Lipinski definition) is 1. The Bertz CT molecular complexity index is 923. The predicted octanol–water partition coefficient (Wildman–Crippen LogP) is 2.36. The second-order valence-electron chi connectivity index (χ2n) is 6.45. The Balaban J connectivity index is 1.64. The summed E-state index contributed by atoms with van der Waals surface area (Å²) in [5, 5.41) is 9.99. The molecule has 2 N–H and O–H groups in total. The quantitative estimate of drug-likeness (QED) is 0.709. The van der Waals surface area contributed by atoms with E-state index < -0.39 is 0 Å². The van der Waals surface area contributed by atoms with Crippen molar-refractivity contribution in [2.24, 2.45) is 5.73 Å². The minimum Gasteiger partial charge on any atom is -0.355 e. The largest absolute Gasteiger partial charge is 0.355 e. The number of nitrogens with zero attached hydrogens (tertiary/aromatic N) is 6. The Hall–Kier alpha value is -2.45. The zero-order valence-corrected chi connectivity index (χ0v) is 15.6. The fraction of sp³-hybridized carbons (Fsp3) is 0.333. The molecule has 8 heteroatoms. The van der Waals surface area contributed by atoms with Crippen molar-refractivity contribution in [3.8, 4) is 5.69 Å². The van der Waals surface area contributed by atoms with E-state index in [-0.39, 0.29) is 6.04 Å². The van der Waals surface area contributed by atoms with Crippen LogP contribution < -0.4 is 10.6 Å². The van der Waals surface area contributed by atoms with Gasteiger partial charge >= 0.3 is 0 Å². The maximum Gasteiger partial charge on any atom is 0.203 e. The molecule has 1 unspecified atom stereocenters. The molecule has 1 aliphatic heterocycles. The number of aromatic nitrogens is 5. The summed E-state index contributed by atoms with van der Waals surface area (Å²) >= 11 is 1.42. The van der Waals surface area contributed by atoms with Gasteiger partial charge in [-0.2, -0.15) is 0 Å². The molecule has 0 aliphatic carbocycles. The molecule has 7 nitrogen and oxygen atoms in total. The van der Waals surface area contributed by atoms with Crippen LogP contribution in [0.3, 0.4) is 0 Å². The van der Waals surface area contributed by atoms with E-state index in [4.69, 9.17) is 10.7 Å². The van der Waals surface area contributed by atoms with Crippen LogP contribution in [0, 0.1) is 13.8 Å². The van der Waals surface area contributed by atoms with Crippen molar-refractivity contribution in [1.29, 1.82) is 0 Å². The van der Waals surface area contributed by atoms with Gasteiger partial charge in [0.15, 0.2) is 5.16 Å². The molecular formula is C18H21N7S. The SMILES string of the molecule is Cc1ccccc1-n1c(C)nnc1Sc1nccc(N2CCC(N)C2)n1. The van der Waals surface area contributed by atoms with Gasteiger partial charge in [0, 0.05) is 25.3 Å². The van der Waals surface area contributed by atoms with Crippen molar-refractivity contribution < 1.29 is 0 Å². The Kier molecular flexibility index (Phi) is 4.60. The van der Waals surface area contributed by atoms with Crippen molar-refractivity contribution in [3.05, 3.63) is 47.9 Å². The van der Waals surface area contributed by atoms with E-state index in [0.717, 1.165) is 47.6 Å². The van der Waals surface area contributed by atoms with E-state index in [2.05, 4.69) is 39.1 Å². The average molecular weight is 367 g/mol. The Labute approximate surface area is 156 Å². The fourth-order valence-corrected chi connectivity index (χ4v) is 3.95. The molecule has 1 fully saturated rings. The van der Waals surface area contributed by atoms with Crippen LogP contribution in [0.5, 0.6) is 0 Å². The normalized spacial score (nSPS) is 17.0. The average Bonchev–Trinajstić information content (AvgIpc) is 3.22. The van der Waals surface area contributed by atoms with Gasteiger partial charge in [-0.3, -0.25) is 4.57 Å². The number of hydrogen-bond acceptors (Lipinski definition) is 7. The molecule has 0 bridgehead atoms. The molecule has 0 radical (unpaired) electrons. The van der Waals surface area contributed by atoms with Gasteiger partial charge in [-0.15, -0.1) is 10.2 Å². The highest BCUT2D eigenvalue weighted by atomic mass is 32.2. The monoisotopic (exact) mass is 367 g/mol. The van der Waals surface area contributed by atoms with Gasteiger partial charge in [-0.1, -0.05) is 18.2 Å². The molecule has 1 aliphatic rings. The predicted molar refractivity (Wildman–Crippen MR) is 102 cm³/mol. The highest BCUT2D eigenvalue weighted by molar-refractivity contribution is 7.99. The lowest BCUT2D eigenvalue weighted by atomic mass is 10.2. The third kappa shape index (κ3) is 3.30. The molecule has 1 atom stereocenters. The van der Waals surface area contributed by atoms with Crippen molar-refractivity contribution in [3.63, 3.8) is 0 Å². The van der Waals surface area contributed by atoms with E-state index >= 15 is 0 Å². The lowest BCUT2D eigenvalue weighted by Crippen LogP contribution is -2.26. The third-order valence-corrected chi connectivity index (χ3v) is 5.33. The molecule has 0 amide bonds. The van der Waals surface area contributed by atoms with Crippen LogP contribution in [0.2, 0.25) is 0 Å². The summed E-state index contributed by atoms with van der Waals surface area (Å²) in [7, 11) is 0. The fourth-order valence-electron chi connectivity index (χ4n) is 3.13. The molecule has 3 heterocycles. The van der Waals surface area contributed by atoms with Crippen LogP contribution in [0.15, 0.2) is 46.8 Å². The van der Waals surface area contributed by atoms with Crippen LogP contribution in [-0.4, -0.2) is 43.9 Å². The molecular weight excluding hydrogens is 346 g/mol. The third-order valence-electron chi connectivity index (χ3n) is 4.50. The van der Waals surface area contributed by atoms with E-state index in [0.29, 0.717) is 5.16 Å². The van der Waals surface area contributed by atoms with E-state index in [1.165, 1.54) is 11.8 Å². The maximum atomic E-state index is 6.01. The maximum absolute atomic E-state index is 6.01. The molecule has 0 spiro atoms. The lowest BCUT2D eigenvalue weighted by Gasteiger charge is -2.17. The molecule has 1 aromatic carbocycles. The van der Waals surface area contributed by atoms with Gasteiger partial charge in [-0.25, -0.2) is 9.97 Å². The van der Waals surface area contributed by atoms with Crippen LogP contribution in [0.25, 0.3) is 5.69 Å². The first-order chi connectivity index (χ1) is 12.6. The van der Waals surface area contributed by atoms with Crippen LogP contribution in [0.4, 0.5) is 5.82 Å². The molecule has 1 saturated heterocycles. The highest BCUT2D eigenvalue weighted by Crippen LogP contribution is 2.29. The number of rotatable bonds is 4. The van der Waals surface area contributed by atoms with Gasteiger partial charge < -0.3 is 10.6 Å². The van der Waals surface area contributed by atoms with Crippen molar-refractivity contribution in [1.82, 2.24) is 24.7 Å². The van der Waals surface area contributed by atoms with Gasteiger partial charge in [0.1, 0.15) is 11.6 Å². The summed E-state index contributed by atoms with van der Waals surface area (Å²) < 4.78 is 2.04. The van der Waals surface area contributed by atoms with Gasteiger partial charge in [0.2, 0.25) is 5.16 Å². The molecule has 3 aromatic rings. The minimum absolute atomic E-state index is 0.216. The molecule has 134 valence electrons. The van der Waals surface area contributed by atoms with Crippen molar-refractivity contribution in [2.45, 2.75) is 36.6 Å². The summed E-state index contributed by atoms with van der Waals surface area (Å²) in [6.07, 6.45) is 2.78. The van der Waals surface area contributed by atoms with Crippen LogP contribution >= 0.6 is 11.8 Å². The van der Waals surface area contributed by atoms with Gasteiger partial charge in [-0.05, 0) is 49.7 Å². The standard InChI is InChI=1S/C18H21N7S/c1-12-5-3-4-6-15(12)25-13(2)22-23-18(25)26-17-20-9-7-16(21-17)24-10-8-14(19)11-24/h3-7,9,14H,8,10-11,19H2,1-2H3. The minimum atomic E-state index is 0.216. The van der Waals surface area contributed by atoms with E-state index in [1.807, 2.05) is 29.7 Å². The Morgan fingerprint density at radius 2 is 2.00 bits per heavy atom. The Morgan fingerprint density at radius 1 is 1.15 bits per heavy atom. The first-order valence-corrected chi connectivity index (χ1v) is 9.43. The Morgan fingerprint density at radius 3 is 2.77 bits per heavy atom. The zero-order chi connectivity index (χ0) is 18.1. The highest BCUT2D eigenvalue weighted by Gasteiger charge is 2.21. The summed E-state index contributed by atoms with van der Waals surface area (Å²) in [5.74, 6) is 1.75. The van der Waals surface area contributed by atoms with Crippen LogP contribution in [0.1, 0.15) is 17.8 Å². The molecule has 4 rings (SSSR count). The summed E-state index contributed by atoms with van der Waals surface area (Å²) in [6.45, 7) is 5.80. The van der Waals surface area contributed by atoms with Crippen molar-refractivity contribution >= 4 is 17.6 Å². The first-order valence-electron chi connectivity index (χ1n) is 8.61. The number of aryl methyl sites for hydroxylation is 2. The summed E-state index contributed by atoms with van der Waals surface area (Å²) in [5.41, 5.74) is 8.25. The number of para-hydroxylation sites is 1. The van der Waals surface area contributed by atoms with E-state index in [1.54, 1.807) is 6.20 Å². The first kappa shape index (κ1) is 17.0.